The van der Waals surface area contributed by atoms with Crippen LogP contribution in [0.4, 0.5) is 0 Å². The zero-order chi connectivity index (χ0) is 17.8. The lowest BCUT2D eigenvalue weighted by Gasteiger charge is -2.37. The van der Waals surface area contributed by atoms with Gasteiger partial charge in [0, 0.05) is 43.0 Å². The van der Waals surface area contributed by atoms with Gasteiger partial charge in [-0.25, -0.2) is 0 Å². The van der Waals surface area contributed by atoms with Crippen molar-refractivity contribution in [3.05, 3.63) is 22.4 Å². The van der Waals surface area contributed by atoms with Crippen LogP contribution in [0.5, 0.6) is 0 Å². The molecule has 1 atom stereocenters. The van der Waals surface area contributed by atoms with Crippen LogP contribution in [0.2, 0.25) is 0 Å². The molecule has 27 heavy (non-hydrogen) atoms. The molecule has 0 bridgehead atoms. The topological polar surface area (TPSA) is 39.7 Å². The van der Waals surface area contributed by atoms with Crippen LogP contribution in [-0.4, -0.2) is 50.1 Å². The van der Waals surface area contributed by atoms with Crippen molar-refractivity contribution in [1.29, 1.82) is 0 Å². The highest BCUT2D eigenvalue weighted by molar-refractivity contribution is 14.0. The number of rotatable bonds is 6. The first-order chi connectivity index (χ1) is 12.8. The number of hydrogen-bond acceptors (Lipinski definition) is 3. The van der Waals surface area contributed by atoms with Crippen molar-refractivity contribution < 1.29 is 0 Å². The first kappa shape index (κ1) is 21.4. The van der Waals surface area contributed by atoms with Gasteiger partial charge >= 0.3 is 0 Å². The predicted octanol–water partition coefficient (Wildman–Crippen LogP) is 4.22. The fourth-order valence-electron chi connectivity index (χ4n) is 4.83. The summed E-state index contributed by atoms with van der Waals surface area (Å²) in [6.45, 7) is 4.62. The van der Waals surface area contributed by atoms with Crippen LogP contribution in [0.3, 0.4) is 0 Å². The normalized spacial score (nSPS) is 25.8. The van der Waals surface area contributed by atoms with Gasteiger partial charge in [-0.15, -0.1) is 35.3 Å². The molecule has 0 radical (unpaired) electrons. The van der Waals surface area contributed by atoms with Crippen LogP contribution in [-0.2, 0) is 5.41 Å². The molecule has 2 aliphatic carbocycles. The Hall–Kier alpha value is -0.340. The largest absolute Gasteiger partial charge is 0.356 e. The van der Waals surface area contributed by atoms with Gasteiger partial charge in [0.05, 0.1) is 0 Å². The van der Waals surface area contributed by atoms with E-state index in [2.05, 4.69) is 38.0 Å². The molecule has 152 valence electrons. The van der Waals surface area contributed by atoms with E-state index in [1.165, 1.54) is 64.5 Å². The molecule has 6 heteroatoms. The maximum atomic E-state index is 4.50. The van der Waals surface area contributed by atoms with Gasteiger partial charge in [-0.3, -0.25) is 4.99 Å². The number of hydrogen-bond donors (Lipinski definition) is 2. The second kappa shape index (κ2) is 9.92. The molecule has 2 saturated carbocycles. The van der Waals surface area contributed by atoms with Crippen molar-refractivity contribution in [3.63, 3.8) is 0 Å². The number of nitrogens with one attached hydrogen (secondary N) is 2. The first-order valence-corrected chi connectivity index (χ1v) is 11.4. The summed E-state index contributed by atoms with van der Waals surface area (Å²) in [5, 5.41) is 9.51. The highest BCUT2D eigenvalue weighted by Gasteiger charge is 2.36. The summed E-state index contributed by atoms with van der Waals surface area (Å²) < 4.78 is 0. The van der Waals surface area contributed by atoms with Gasteiger partial charge in [0.15, 0.2) is 5.96 Å². The number of likely N-dealkylation sites (tertiary alicyclic amines) is 1. The van der Waals surface area contributed by atoms with E-state index in [9.17, 15) is 0 Å². The lowest BCUT2D eigenvalue weighted by Crippen LogP contribution is -2.47. The van der Waals surface area contributed by atoms with Gasteiger partial charge < -0.3 is 15.5 Å². The fourth-order valence-corrected chi connectivity index (χ4v) is 5.82. The monoisotopic (exact) mass is 502 g/mol. The quantitative estimate of drug-likeness (QED) is 0.348. The van der Waals surface area contributed by atoms with Crippen LogP contribution in [0.25, 0.3) is 0 Å². The number of aliphatic imine (C=N–C) groups is 1. The number of guanidine groups is 1. The third-order valence-electron chi connectivity index (χ3n) is 6.61. The molecular formula is C21H35IN4S. The van der Waals surface area contributed by atoms with E-state index in [1.807, 2.05) is 18.4 Å². The van der Waals surface area contributed by atoms with Crippen LogP contribution in [0.15, 0.2) is 22.5 Å². The van der Waals surface area contributed by atoms with E-state index >= 15 is 0 Å². The maximum absolute atomic E-state index is 4.50. The van der Waals surface area contributed by atoms with Gasteiger partial charge in [-0.2, -0.15) is 0 Å². The van der Waals surface area contributed by atoms with Crippen LogP contribution in [0.1, 0.15) is 56.2 Å². The third-order valence-corrected chi connectivity index (χ3v) is 7.73. The van der Waals surface area contributed by atoms with E-state index in [0.29, 0.717) is 5.41 Å². The Morgan fingerprint density at radius 2 is 2.04 bits per heavy atom. The molecular weight excluding hydrogens is 467 g/mol. The molecule has 4 rings (SSSR count). The minimum Gasteiger partial charge on any atom is -0.356 e. The van der Waals surface area contributed by atoms with E-state index < -0.39 is 0 Å². The first-order valence-electron chi connectivity index (χ1n) is 10.5. The van der Waals surface area contributed by atoms with Gasteiger partial charge in [0.1, 0.15) is 0 Å². The molecule has 0 spiro atoms. The van der Waals surface area contributed by atoms with Crippen molar-refractivity contribution in [3.8, 4) is 0 Å². The highest BCUT2D eigenvalue weighted by Crippen LogP contribution is 2.41. The maximum Gasteiger partial charge on any atom is 0.191 e. The molecule has 1 saturated heterocycles. The summed E-state index contributed by atoms with van der Waals surface area (Å²) in [4.78, 5) is 8.74. The fraction of sp³-hybridized carbons (Fsp3) is 0.762. The van der Waals surface area contributed by atoms with E-state index in [-0.39, 0.29) is 24.0 Å². The summed E-state index contributed by atoms with van der Waals surface area (Å²) in [5.41, 5.74) is 0.306. The summed E-state index contributed by atoms with van der Waals surface area (Å²) in [5.74, 6) is 1.76. The lowest BCUT2D eigenvalue weighted by molar-refractivity contribution is 0.296. The van der Waals surface area contributed by atoms with Crippen molar-refractivity contribution in [2.24, 2.45) is 10.9 Å². The minimum absolute atomic E-state index is 0. The van der Waals surface area contributed by atoms with Crippen molar-refractivity contribution in [2.75, 3.05) is 33.2 Å². The molecule has 3 fully saturated rings. The van der Waals surface area contributed by atoms with Crippen molar-refractivity contribution in [1.82, 2.24) is 15.5 Å². The molecule has 1 unspecified atom stereocenters. The molecule has 4 nitrogen and oxygen atoms in total. The molecule has 2 heterocycles. The SMILES string of the molecule is CN=C(NCC1CCN(C2CC2)C1)NCC1(c2cccs2)CCCCC1.I. The number of nitrogens with zero attached hydrogens (tertiary/aromatic N) is 2. The Labute approximate surface area is 185 Å². The molecule has 1 aliphatic heterocycles. The Bertz CT molecular complexity index is 593. The molecule has 0 amide bonds. The van der Waals surface area contributed by atoms with E-state index in [0.717, 1.165) is 31.0 Å². The Morgan fingerprint density at radius 1 is 1.22 bits per heavy atom. The second-order valence-electron chi connectivity index (χ2n) is 8.51. The van der Waals surface area contributed by atoms with Crippen molar-refractivity contribution >= 4 is 41.3 Å². The Balaban J connectivity index is 0.00000210. The highest BCUT2D eigenvalue weighted by atomic mass is 127. The summed E-state index contributed by atoms with van der Waals surface area (Å²) >= 11 is 1.92. The van der Waals surface area contributed by atoms with Gasteiger partial charge in [-0.1, -0.05) is 25.3 Å². The second-order valence-corrected chi connectivity index (χ2v) is 9.45. The Morgan fingerprint density at radius 3 is 2.70 bits per heavy atom. The van der Waals surface area contributed by atoms with Crippen LogP contribution < -0.4 is 10.6 Å². The average Bonchev–Trinajstić information content (AvgIpc) is 3.18. The average molecular weight is 503 g/mol. The van der Waals surface area contributed by atoms with Crippen LogP contribution in [0, 0.1) is 5.92 Å². The molecule has 2 N–H and O–H groups in total. The van der Waals surface area contributed by atoms with Crippen molar-refractivity contribution in [2.45, 2.75) is 62.8 Å². The summed E-state index contributed by atoms with van der Waals surface area (Å²) in [6, 6.07) is 5.45. The van der Waals surface area contributed by atoms with Gasteiger partial charge in [-0.05, 0) is 56.0 Å². The number of thiophene rings is 1. The van der Waals surface area contributed by atoms with Crippen LogP contribution >= 0.6 is 35.3 Å². The van der Waals surface area contributed by atoms with E-state index in [4.69, 9.17) is 0 Å². The lowest BCUT2D eigenvalue weighted by atomic mass is 9.73. The standard InChI is InChI=1S/C21H34N4S.HI/c1-22-20(23-14-17-9-12-25(15-17)18-7-8-18)24-16-21(10-3-2-4-11-21)19-6-5-13-26-19;/h5-6,13,17-18H,2-4,7-12,14-16H2,1H3,(H2,22,23,24);1H. The molecule has 0 aromatic carbocycles. The smallest absolute Gasteiger partial charge is 0.191 e. The van der Waals surface area contributed by atoms with Gasteiger partial charge in [0.2, 0.25) is 0 Å². The summed E-state index contributed by atoms with van der Waals surface area (Å²) in [7, 11) is 1.90. The minimum atomic E-state index is 0. The zero-order valence-corrected chi connectivity index (χ0v) is 19.7. The van der Waals surface area contributed by atoms with E-state index in [1.54, 1.807) is 4.88 Å². The molecule has 3 aliphatic rings. The third kappa shape index (κ3) is 5.38. The predicted molar refractivity (Wildman–Crippen MR) is 127 cm³/mol. The summed E-state index contributed by atoms with van der Waals surface area (Å²) in [6.07, 6.45) is 10.9. The Kier molecular flexibility index (Phi) is 7.85. The molecule has 1 aromatic rings. The zero-order valence-electron chi connectivity index (χ0n) is 16.6. The number of halogens is 1. The van der Waals surface area contributed by atoms with Gasteiger partial charge in [0.25, 0.3) is 0 Å². The molecule has 1 aromatic heterocycles.